The Bertz CT molecular complexity index is 633. The summed E-state index contributed by atoms with van der Waals surface area (Å²) in [5.74, 6) is 0.663. The van der Waals surface area contributed by atoms with Gasteiger partial charge in [-0.3, -0.25) is 0 Å². The van der Waals surface area contributed by atoms with Crippen molar-refractivity contribution in [1.29, 1.82) is 0 Å². The fraction of sp³-hybridized carbons (Fsp3) is 0.235. The summed E-state index contributed by atoms with van der Waals surface area (Å²) in [6.07, 6.45) is 2.54. The Balaban J connectivity index is 1.65. The number of nitrogens with one attached hydrogen (secondary N) is 1. The maximum atomic E-state index is 10.8. The molecular weight excluding hydrogens is 266 g/mol. The zero-order chi connectivity index (χ0) is 14.7. The molecule has 0 aliphatic heterocycles. The van der Waals surface area contributed by atoms with E-state index in [2.05, 4.69) is 5.32 Å². The van der Waals surface area contributed by atoms with E-state index in [1.165, 1.54) is 12.8 Å². The van der Waals surface area contributed by atoms with Crippen LogP contribution in [0.2, 0.25) is 0 Å². The van der Waals surface area contributed by atoms with Gasteiger partial charge in [-0.1, -0.05) is 6.07 Å². The molecule has 1 saturated carbocycles. The molecule has 4 heteroatoms. The number of carboxylic acid groups (broad SMARTS) is 1. The monoisotopic (exact) mass is 283 g/mol. The third-order valence-electron chi connectivity index (χ3n) is 3.44. The van der Waals surface area contributed by atoms with Gasteiger partial charge in [0.05, 0.1) is 12.2 Å². The minimum Gasteiger partial charge on any atom is -0.493 e. The van der Waals surface area contributed by atoms with E-state index in [1.807, 2.05) is 24.3 Å². The quantitative estimate of drug-likeness (QED) is 0.843. The highest BCUT2D eigenvalue weighted by Crippen LogP contribution is 2.30. The largest absolute Gasteiger partial charge is 0.493 e. The van der Waals surface area contributed by atoms with E-state index in [1.54, 1.807) is 24.3 Å². The van der Waals surface area contributed by atoms with Crippen molar-refractivity contribution in [2.45, 2.75) is 12.8 Å². The Hall–Kier alpha value is -2.49. The molecule has 0 saturated heterocycles. The lowest BCUT2D eigenvalue weighted by molar-refractivity contribution is 0.0697. The van der Waals surface area contributed by atoms with E-state index >= 15 is 0 Å². The second-order valence-electron chi connectivity index (χ2n) is 5.29. The molecule has 0 radical (unpaired) electrons. The molecule has 2 aromatic rings. The predicted octanol–water partition coefficient (Wildman–Crippen LogP) is 3.92. The van der Waals surface area contributed by atoms with Crippen LogP contribution in [0.3, 0.4) is 0 Å². The summed E-state index contributed by atoms with van der Waals surface area (Å²) in [7, 11) is 0. The molecule has 3 rings (SSSR count). The van der Waals surface area contributed by atoms with E-state index < -0.39 is 5.97 Å². The number of hydrogen-bond donors (Lipinski definition) is 2. The molecule has 0 heterocycles. The highest BCUT2D eigenvalue weighted by Gasteiger charge is 2.21. The van der Waals surface area contributed by atoms with Crippen LogP contribution in [0.4, 0.5) is 11.4 Å². The summed E-state index contributed by atoms with van der Waals surface area (Å²) in [4.78, 5) is 10.8. The number of carbonyl (C=O) groups is 1. The maximum absolute atomic E-state index is 10.8. The van der Waals surface area contributed by atoms with Gasteiger partial charge in [0.15, 0.2) is 0 Å². The Morgan fingerprint density at radius 1 is 1.14 bits per heavy atom. The molecule has 0 atom stereocenters. The molecule has 108 valence electrons. The average molecular weight is 283 g/mol. The molecular formula is C17H17NO3. The Kier molecular flexibility index (Phi) is 3.77. The van der Waals surface area contributed by atoms with Crippen LogP contribution >= 0.6 is 0 Å². The van der Waals surface area contributed by atoms with Gasteiger partial charge in [-0.05, 0) is 55.2 Å². The number of aromatic carboxylic acids is 1. The lowest BCUT2D eigenvalue weighted by Crippen LogP contribution is -1.99. The fourth-order valence-electron chi connectivity index (χ4n) is 2.03. The molecule has 0 bridgehead atoms. The van der Waals surface area contributed by atoms with Crippen LogP contribution in [-0.4, -0.2) is 17.7 Å². The SMILES string of the molecule is O=C(O)c1ccc(Nc2cccc(OCC3CC3)c2)cc1. The zero-order valence-corrected chi connectivity index (χ0v) is 11.6. The third kappa shape index (κ3) is 3.75. The van der Waals surface area contributed by atoms with Gasteiger partial charge in [0.25, 0.3) is 0 Å². The van der Waals surface area contributed by atoms with Crippen molar-refractivity contribution >= 4 is 17.3 Å². The summed E-state index contributed by atoms with van der Waals surface area (Å²) in [5.41, 5.74) is 2.05. The van der Waals surface area contributed by atoms with Crippen LogP contribution in [0, 0.1) is 5.92 Å². The second-order valence-corrected chi connectivity index (χ2v) is 5.29. The molecule has 1 fully saturated rings. The van der Waals surface area contributed by atoms with Crippen LogP contribution in [0.25, 0.3) is 0 Å². The van der Waals surface area contributed by atoms with Crippen molar-refractivity contribution in [2.75, 3.05) is 11.9 Å². The van der Waals surface area contributed by atoms with Gasteiger partial charge in [-0.2, -0.15) is 0 Å². The van der Waals surface area contributed by atoms with Crippen molar-refractivity contribution in [1.82, 2.24) is 0 Å². The van der Waals surface area contributed by atoms with E-state index in [0.29, 0.717) is 0 Å². The summed E-state index contributed by atoms with van der Waals surface area (Å²) in [5, 5.41) is 12.1. The van der Waals surface area contributed by atoms with Crippen LogP contribution < -0.4 is 10.1 Å². The van der Waals surface area contributed by atoms with E-state index in [-0.39, 0.29) is 5.56 Å². The van der Waals surface area contributed by atoms with E-state index in [9.17, 15) is 4.79 Å². The minimum atomic E-state index is -0.919. The summed E-state index contributed by atoms with van der Waals surface area (Å²) < 4.78 is 5.74. The smallest absolute Gasteiger partial charge is 0.335 e. The molecule has 2 N–H and O–H groups in total. The Morgan fingerprint density at radius 2 is 1.90 bits per heavy atom. The van der Waals surface area contributed by atoms with E-state index in [0.717, 1.165) is 29.6 Å². The molecule has 1 aliphatic carbocycles. The number of anilines is 2. The standard InChI is InChI=1S/C17H17NO3/c19-17(20)13-6-8-14(9-7-13)18-15-2-1-3-16(10-15)21-11-12-4-5-12/h1-3,6-10,12,18H,4-5,11H2,(H,19,20). The van der Waals surface area contributed by atoms with Crippen LogP contribution in [0.15, 0.2) is 48.5 Å². The van der Waals surface area contributed by atoms with Gasteiger partial charge in [0.1, 0.15) is 5.75 Å². The first-order chi connectivity index (χ1) is 10.2. The lowest BCUT2D eigenvalue weighted by Gasteiger charge is -2.10. The van der Waals surface area contributed by atoms with Gasteiger partial charge in [0.2, 0.25) is 0 Å². The van der Waals surface area contributed by atoms with Crippen LogP contribution in [0.5, 0.6) is 5.75 Å². The molecule has 21 heavy (non-hydrogen) atoms. The van der Waals surface area contributed by atoms with Gasteiger partial charge in [0, 0.05) is 17.4 Å². The number of carboxylic acids is 1. The summed E-state index contributed by atoms with van der Waals surface area (Å²) in [6.45, 7) is 0.788. The molecule has 0 unspecified atom stereocenters. The third-order valence-corrected chi connectivity index (χ3v) is 3.44. The highest BCUT2D eigenvalue weighted by molar-refractivity contribution is 5.88. The molecule has 1 aliphatic rings. The van der Waals surface area contributed by atoms with Crippen molar-refractivity contribution in [3.63, 3.8) is 0 Å². The van der Waals surface area contributed by atoms with E-state index in [4.69, 9.17) is 9.84 Å². The van der Waals surface area contributed by atoms with Crippen molar-refractivity contribution in [3.8, 4) is 5.75 Å². The first-order valence-electron chi connectivity index (χ1n) is 7.04. The first kappa shape index (κ1) is 13.5. The van der Waals surface area contributed by atoms with Gasteiger partial charge >= 0.3 is 5.97 Å². The number of rotatable bonds is 6. The van der Waals surface area contributed by atoms with Crippen molar-refractivity contribution < 1.29 is 14.6 Å². The predicted molar refractivity (Wildman–Crippen MR) is 81.3 cm³/mol. The Labute approximate surface area is 123 Å². The van der Waals surface area contributed by atoms with Crippen LogP contribution in [-0.2, 0) is 0 Å². The van der Waals surface area contributed by atoms with Gasteiger partial charge in [-0.15, -0.1) is 0 Å². The van der Waals surface area contributed by atoms with Crippen LogP contribution in [0.1, 0.15) is 23.2 Å². The molecule has 2 aromatic carbocycles. The minimum absolute atomic E-state index is 0.280. The molecule has 4 nitrogen and oxygen atoms in total. The molecule has 0 amide bonds. The van der Waals surface area contributed by atoms with Crippen molar-refractivity contribution in [2.24, 2.45) is 5.92 Å². The highest BCUT2D eigenvalue weighted by atomic mass is 16.5. The molecule has 0 aromatic heterocycles. The second kappa shape index (κ2) is 5.87. The van der Waals surface area contributed by atoms with Crippen molar-refractivity contribution in [3.05, 3.63) is 54.1 Å². The normalized spacial score (nSPS) is 13.7. The first-order valence-corrected chi connectivity index (χ1v) is 7.04. The number of hydrogen-bond acceptors (Lipinski definition) is 3. The van der Waals surface area contributed by atoms with Gasteiger partial charge in [-0.25, -0.2) is 4.79 Å². The summed E-state index contributed by atoms with van der Waals surface area (Å²) in [6, 6.07) is 14.5. The number of ether oxygens (including phenoxy) is 1. The summed E-state index contributed by atoms with van der Waals surface area (Å²) >= 11 is 0. The Morgan fingerprint density at radius 3 is 2.57 bits per heavy atom. The van der Waals surface area contributed by atoms with Gasteiger partial charge < -0.3 is 15.2 Å². The number of benzene rings is 2. The lowest BCUT2D eigenvalue weighted by atomic mass is 10.2. The zero-order valence-electron chi connectivity index (χ0n) is 11.6. The topological polar surface area (TPSA) is 58.6 Å². The fourth-order valence-corrected chi connectivity index (χ4v) is 2.03. The molecule has 0 spiro atoms. The average Bonchev–Trinajstić information content (AvgIpc) is 3.30. The maximum Gasteiger partial charge on any atom is 0.335 e.